The lowest BCUT2D eigenvalue weighted by atomic mass is 9.93. The van der Waals surface area contributed by atoms with Gasteiger partial charge in [0.1, 0.15) is 63.7 Å². The number of rotatable bonds is 34. The molecule has 1 aromatic carbocycles. The van der Waals surface area contributed by atoms with Crippen LogP contribution in [-0.2, 0) is 56.0 Å². The lowest BCUT2D eigenvalue weighted by molar-refractivity contribution is -1.36. The number of amides is 3. The lowest BCUT2D eigenvalue weighted by Gasteiger charge is -2.49. The summed E-state index contributed by atoms with van der Waals surface area (Å²) in [6.07, 6.45) is 3.14. The molecule has 1 spiro atoms. The molecule has 4 fully saturated rings. The smallest absolute Gasteiger partial charge is 0.481 e. The molecule has 6 unspecified atom stereocenters. The zero-order chi connectivity index (χ0) is 54.6. The van der Waals surface area contributed by atoms with E-state index in [2.05, 4.69) is 17.7 Å². The third-order valence-electron chi connectivity index (χ3n) is 16.0. The van der Waals surface area contributed by atoms with E-state index in [0.717, 1.165) is 48.1 Å². The van der Waals surface area contributed by atoms with Crippen molar-refractivity contribution in [1.82, 2.24) is 16.0 Å². The molecule has 5 rings (SSSR count). The molecule has 0 saturated carbocycles. The van der Waals surface area contributed by atoms with Gasteiger partial charge in [-0.3, -0.25) is 19.2 Å². The molecule has 0 aromatic heterocycles. The summed E-state index contributed by atoms with van der Waals surface area (Å²) >= 11 is 5.76. The van der Waals surface area contributed by atoms with Crippen molar-refractivity contribution in [2.75, 3.05) is 79.0 Å². The summed E-state index contributed by atoms with van der Waals surface area (Å²) in [6, 6.07) is 3.54. The van der Waals surface area contributed by atoms with E-state index < -0.39 is 116 Å². The van der Waals surface area contributed by atoms with Crippen LogP contribution in [0, 0.1) is 5.92 Å². The predicted octanol–water partition coefficient (Wildman–Crippen LogP) is 1.07. The Kier molecular flexibility index (Phi) is 19.8. The molecule has 74 heavy (non-hydrogen) atoms. The molecule has 408 valence electrons. The van der Waals surface area contributed by atoms with Gasteiger partial charge in [-0.2, -0.15) is 4.48 Å². The van der Waals surface area contributed by atoms with Crippen molar-refractivity contribution in [1.29, 1.82) is 0 Å². The van der Waals surface area contributed by atoms with E-state index in [9.17, 15) is 78.6 Å². The van der Waals surface area contributed by atoms with Gasteiger partial charge in [-0.05, 0) is 54.5 Å². The van der Waals surface area contributed by atoms with E-state index in [1.165, 1.54) is 0 Å². The number of nitrogens with zero attached hydrogens (tertiary/aromatic N) is 4. The second-order valence-electron chi connectivity index (χ2n) is 20.9. The molecule has 0 bridgehead atoms. The number of ketones is 1. The van der Waals surface area contributed by atoms with Crippen molar-refractivity contribution in [3.8, 4) is 0 Å². The Morgan fingerprint density at radius 2 is 1.11 bits per heavy atom. The number of carbonyl (C=O) groups excluding carboxylic acids is 3. The molecule has 25 heteroatoms. The van der Waals surface area contributed by atoms with Gasteiger partial charge in [0, 0.05) is 51.0 Å². The number of carboxylic acid groups (broad SMARTS) is 7. The summed E-state index contributed by atoms with van der Waals surface area (Å²) < 4.78 is 0.972. The molecule has 0 aliphatic carbocycles. The van der Waals surface area contributed by atoms with Crippen molar-refractivity contribution in [2.45, 2.75) is 120 Å². The quantitative estimate of drug-likeness (QED) is 0.0262. The van der Waals surface area contributed by atoms with Gasteiger partial charge in [0.2, 0.25) is 5.91 Å². The number of nitrogens with one attached hydrogen (secondary N) is 3. The highest BCUT2D eigenvalue weighted by molar-refractivity contribution is 7.80. The second kappa shape index (κ2) is 24.9. The highest BCUT2D eigenvalue weighted by Crippen LogP contribution is 2.64. The minimum atomic E-state index is -1.63. The first-order valence-corrected chi connectivity index (χ1v) is 25.7. The molecule has 0 radical (unpaired) electrons. The van der Waals surface area contributed by atoms with E-state index in [1.807, 2.05) is 29.6 Å². The van der Waals surface area contributed by atoms with Gasteiger partial charge < -0.3 is 51.7 Å². The Labute approximate surface area is 433 Å². The van der Waals surface area contributed by atoms with E-state index in [-0.39, 0.29) is 58.5 Å². The van der Waals surface area contributed by atoms with Crippen molar-refractivity contribution in [2.24, 2.45) is 5.92 Å². The van der Waals surface area contributed by atoms with Gasteiger partial charge >= 0.3 is 53.7 Å². The van der Waals surface area contributed by atoms with Crippen molar-refractivity contribution < 1.29 is 102 Å². The Morgan fingerprint density at radius 3 is 1.66 bits per heavy atom. The van der Waals surface area contributed by atoms with E-state index in [0.29, 0.717) is 69.6 Å². The number of Topliss-reactive ketones (excluding diaryl/α,β-unsaturated/α-hetero) is 1. The van der Waals surface area contributed by atoms with Gasteiger partial charge in [0.15, 0.2) is 25.7 Å². The molecular formula is C49H73N7O17S+4. The van der Waals surface area contributed by atoms with Gasteiger partial charge in [-0.25, -0.2) is 28.8 Å². The zero-order valence-corrected chi connectivity index (χ0v) is 42.7. The number of carboxylic acids is 7. The van der Waals surface area contributed by atoms with Crippen LogP contribution in [0.5, 0.6) is 0 Å². The number of carbonyl (C=O) groups is 10. The maximum Gasteiger partial charge on any atom is 0.482 e. The Hall–Kier alpha value is -6.15. The number of aliphatic carboxylic acids is 7. The molecule has 4 aliphatic heterocycles. The highest BCUT2D eigenvalue weighted by Gasteiger charge is 3.00. The van der Waals surface area contributed by atoms with Gasteiger partial charge in [0.05, 0.1) is 7.05 Å². The van der Waals surface area contributed by atoms with Gasteiger partial charge in [-0.1, -0.05) is 55.7 Å². The summed E-state index contributed by atoms with van der Waals surface area (Å²) in [6.45, 7) is 3.42. The highest BCUT2D eigenvalue weighted by atomic mass is 32.1. The van der Waals surface area contributed by atoms with Crippen LogP contribution in [0.2, 0.25) is 0 Å². The molecule has 4 aliphatic rings. The van der Waals surface area contributed by atoms with Crippen molar-refractivity contribution >= 4 is 76.6 Å². The van der Waals surface area contributed by atoms with Crippen LogP contribution in [-0.4, -0.2) is 221 Å². The zero-order valence-electron chi connectivity index (χ0n) is 41.9. The van der Waals surface area contributed by atoms with E-state index >= 15 is 0 Å². The van der Waals surface area contributed by atoms with Crippen LogP contribution in [0.3, 0.4) is 0 Å². The number of hydrogen-bond donors (Lipinski definition) is 10. The summed E-state index contributed by atoms with van der Waals surface area (Å²) in [5.41, 5.74) is 2.05. The maximum absolute atomic E-state index is 13.1. The van der Waals surface area contributed by atoms with Crippen LogP contribution >= 0.6 is 12.2 Å². The average molecular weight is 1060 g/mol. The first-order chi connectivity index (χ1) is 34.8. The Bertz CT molecular complexity index is 2310. The minimum absolute atomic E-state index is 0.142. The fourth-order valence-corrected chi connectivity index (χ4v) is 13.7. The largest absolute Gasteiger partial charge is 0.482 e. The molecule has 4 heterocycles. The Balaban J connectivity index is 1.05. The normalized spacial score (nSPS) is 26.4. The summed E-state index contributed by atoms with van der Waals surface area (Å²) in [5, 5.41) is 74.6. The third kappa shape index (κ3) is 13.2. The number of thiocarbonyl (C=S) groups is 1. The number of likely N-dealkylation sites (N-methyl/N-ethyl adjacent to an activating group) is 1. The fourth-order valence-electron chi connectivity index (χ4n) is 13.4. The third-order valence-corrected chi connectivity index (χ3v) is 16.4. The average Bonchev–Trinajstić information content (AvgIpc) is 3.91. The molecule has 24 nitrogen and oxygen atoms in total. The summed E-state index contributed by atoms with van der Waals surface area (Å²) in [4.78, 5) is 122. The topological polar surface area (TPSA) is 348 Å². The Morgan fingerprint density at radius 1 is 0.608 bits per heavy atom. The van der Waals surface area contributed by atoms with E-state index in [1.54, 1.807) is 0 Å². The second-order valence-corrected chi connectivity index (χ2v) is 21.5. The van der Waals surface area contributed by atoms with Crippen LogP contribution in [0.1, 0.15) is 94.6 Å². The molecule has 1 aromatic rings. The van der Waals surface area contributed by atoms with Crippen LogP contribution in [0.4, 0.5) is 4.79 Å². The minimum Gasteiger partial charge on any atom is -0.481 e. The number of benzene rings is 1. The SMILES string of the molecule is C[N+]12CC[N+]3(CC(=O)O)CC[N+]4(CC(=O)O)CC[N+](CC(=O)O)(C(Cc5ccc(CC(=S)CCCCCCCNC(=O)[C@H](CCC(=O)O)CC(=O)CC[C@H](NC(=O)N[C@@H](CCC(=O)O)C(=O)O)C(=O)O)cc5)C1)C234. The number of unbranched alkanes of at least 4 members (excludes halogenated alkanes) is 4. The molecule has 3 amide bonds. The molecule has 10 N–H and O–H groups in total. The van der Waals surface area contributed by atoms with Crippen LogP contribution in [0.15, 0.2) is 24.3 Å². The lowest BCUT2D eigenvalue weighted by Crippen LogP contribution is -2.85. The number of urea groups is 1. The maximum atomic E-state index is 13.1. The first-order valence-electron chi connectivity index (χ1n) is 25.3. The predicted molar refractivity (Wildman–Crippen MR) is 263 cm³/mol. The summed E-state index contributed by atoms with van der Waals surface area (Å²) in [5.74, 6) is -11.5. The van der Waals surface area contributed by atoms with Gasteiger partial charge in [-0.15, -0.1) is 13.4 Å². The standard InChI is InChI=1S/C49H69N7O17S/c1-53-19-20-54(29-42(62)63)21-22-55(30-43(64)65)23-24-56(31-44(66)67,49(53,54)55)35(28-53)25-32-8-10-33(11-9-32)26-37(74)7-5-3-2-4-6-18-50-45(68)34(12-16-40(58)59)27-36(57)13-14-38(46(69)70)51-48(73)52-39(47(71)72)15-17-41(60)61/h8-11,34-35,38-39H,2-7,12-31H2,1H3,(H6-4,50,51,52,58,59,60,61,62,63,64,65,66,67,68,69,70,71,72,73)/p+4/t34-,35?,38+,39+,49?,53?,54?,55?,56?/m1/s1. The van der Waals surface area contributed by atoms with Crippen LogP contribution in [0.25, 0.3) is 0 Å². The number of hydrogen-bond acceptors (Lipinski definition) is 11. The van der Waals surface area contributed by atoms with Crippen molar-refractivity contribution in [3.63, 3.8) is 0 Å². The monoisotopic (exact) mass is 1060 g/mol. The number of quaternary nitrogens is 4. The molecule has 4 saturated heterocycles. The molecule has 9 atom stereocenters. The first kappa shape index (κ1) is 58.7. The van der Waals surface area contributed by atoms with Crippen molar-refractivity contribution in [3.05, 3.63) is 35.4 Å². The van der Waals surface area contributed by atoms with E-state index in [4.69, 9.17) is 17.3 Å². The summed E-state index contributed by atoms with van der Waals surface area (Å²) in [7, 11) is 2.09. The fraction of sp³-hybridized carbons (Fsp3) is 0.653. The molecular weight excluding hydrogens is 991 g/mol. The van der Waals surface area contributed by atoms with Crippen LogP contribution < -0.4 is 16.0 Å². The van der Waals surface area contributed by atoms with Gasteiger partial charge in [0.25, 0.3) is 0 Å².